The van der Waals surface area contributed by atoms with Crippen LogP contribution in [0.3, 0.4) is 0 Å². The van der Waals surface area contributed by atoms with Crippen LogP contribution < -0.4 is 15.4 Å². The number of para-hydroxylation sites is 1. The number of anilines is 2. The van der Waals surface area contributed by atoms with E-state index >= 15 is 0 Å². The molecule has 36 heavy (non-hydrogen) atoms. The van der Waals surface area contributed by atoms with E-state index in [1.807, 2.05) is 30.3 Å². The van der Waals surface area contributed by atoms with Gasteiger partial charge >= 0.3 is 5.97 Å². The van der Waals surface area contributed by atoms with Gasteiger partial charge in [-0.05, 0) is 80.1 Å². The smallest absolute Gasteiger partial charge is 0.338 e. The second-order valence-corrected chi connectivity index (χ2v) is 7.94. The van der Waals surface area contributed by atoms with Crippen LogP contribution in [0.2, 0.25) is 0 Å². The number of aryl methyl sites for hydroxylation is 1. The number of carbonyl (C=O) groups excluding carboxylic acids is 3. The van der Waals surface area contributed by atoms with E-state index in [1.54, 1.807) is 49.4 Å². The average Bonchev–Trinajstić information content (AvgIpc) is 3.42. The van der Waals surface area contributed by atoms with Crippen molar-refractivity contribution in [1.82, 2.24) is 0 Å². The Morgan fingerprint density at radius 2 is 1.56 bits per heavy atom. The number of hydrogen-bond donors (Lipinski definition) is 2. The first-order valence-electron chi connectivity index (χ1n) is 11.2. The predicted octanol–water partition coefficient (Wildman–Crippen LogP) is 5.82. The lowest BCUT2D eigenvalue weighted by atomic mass is 10.1. The molecule has 0 fully saturated rings. The van der Waals surface area contributed by atoms with E-state index in [1.165, 1.54) is 25.3 Å². The number of nitrogens with one attached hydrogen (secondary N) is 2. The van der Waals surface area contributed by atoms with E-state index in [4.69, 9.17) is 13.9 Å². The largest absolute Gasteiger partial charge is 0.459 e. The summed E-state index contributed by atoms with van der Waals surface area (Å²) < 4.78 is 16.2. The molecule has 2 N–H and O–H groups in total. The van der Waals surface area contributed by atoms with Gasteiger partial charge in [-0.1, -0.05) is 24.3 Å². The van der Waals surface area contributed by atoms with Gasteiger partial charge in [0, 0.05) is 11.4 Å². The minimum Gasteiger partial charge on any atom is -0.459 e. The lowest BCUT2D eigenvalue weighted by Gasteiger charge is -2.15. The van der Waals surface area contributed by atoms with Crippen LogP contribution in [0.25, 0.3) is 0 Å². The molecule has 0 aliphatic heterocycles. The van der Waals surface area contributed by atoms with Crippen molar-refractivity contribution in [2.45, 2.75) is 20.0 Å². The summed E-state index contributed by atoms with van der Waals surface area (Å²) in [4.78, 5) is 37.5. The average molecular weight is 485 g/mol. The van der Waals surface area contributed by atoms with Gasteiger partial charge in [-0.15, -0.1) is 0 Å². The molecule has 2 amide bonds. The summed E-state index contributed by atoms with van der Waals surface area (Å²) in [5.74, 6) is -0.159. The highest BCUT2D eigenvalue weighted by Gasteiger charge is 2.20. The molecule has 4 aromatic rings. The van der Waals surface area contributed by atoms with E-state index in [0.29, 0.717) is 22.9 Å². The van der Waals surface area contributed by atoms with Gasteiger partial charge in [0.1, 0.15) is 11.5 Å². The number of carbonyl (C=O) groups is 3. The molecule has 0 saturated carbocycles. The van der Waals surface area contributed by atoms with Crippen molar-refractivity contribution in [3.63, 3.8) is 0 Å². The number of ether oxygens (including phenoxy) is 2. The molecule has 8 nitrogen and oxygen atoms in total. The van der Waals surface area contributed by atoms with Crippen molar-refractivity contribution >= 4 is 29.2 Å². The highest BCUT2D eigenvalue weighted by atomic mass is 16.5. The standard InChI is InChI=1S/C28H24N2O6/c1-18-10-11-20(17-24(18)30-27(32)25-9-6-16-34-25)28(33)35-19(2)26(31)29-21-12-14-23(15-13-21)36-22-7-4-3-5-8-22/h3-17,19H,1-2H3,(H,29,31)(H,30,32). The molecule has 0 saturated heterocycles. The molecule has 1 atom stereocenters. The molecule has 1 aromatic heterocycles. The molecule has 0 radical (unpaired) electrons. The molecular weight excluding hydrogens is 460 g/mol. The number of hydrogen-bond acceptors (Lipinski definition) is 6. The fourth-order valence-electron chi connectivity index (χ4n) is 3.23. The summed E-state index contributed by atoms with van der Waals surface area (Å²) in [7, 11) is 0. The number of furan rings is 1. The quantitative estimate of drug-likeness (QED) is 0.305. The summed E-state index contributed by atoms with van der Waals surface area (Å²) in [6, 6.07) is 24.1. The van der Waals surface area contributed by atoms with Crippen molar-refractivity contribution in [2.75, 3.05) is 10.6 Å². The number of esters is 1. The molecule has 4 rings (SSSR count). The van der Waals surface area contributed by atoms with Crippen molar-refractivity contribution in [2.24, 2.45) is 0 Å². The topological polar surface area (TPSA) is 107 Å². The molecule has 0 bridgehead atoms. The van der Waals surface area contributed by atoms with Gasteiger partial charge in [0.15, 0.2) is 11.9 Å². The van der Waals surface area contributed by atoms with Crippen molar-refractivity contribution in [1.29, 1.82) is 0 Å². The van der Waals surface area contributed by atoms with Crippen LogP contribution >= 0.6 is 0 Å². The SMILES string of the molecule is Cc1ccc(C(=O)OC(C)C(=O)Nc2ccc(Oc3ccccc3)cc2)cc1NC(=O)c1ccco1. The number of rotatable bonds is 8. The normalized spacial score (nSPS) is 11.3. The van der Waals surface area contributed by atoms with Gasteiger partial charge in [-0.2, -0.15) is 0 Å². The van der Waals surface area contributed by atoms with Crippen LogP contribution in [0.4, 0.5) is 11.4 Å². The fraction of sp³-hybridized carbons (Fsp3) is 0.107. The second kappa shape index (κ2) is 11.1. The van der Waals surface area contributed by atoms with Crippen molar-refractivity contribution in [3.8, 4) is 11.5 Å². The van der Waals surface area contributed by atoms with Gasteiger partial charge in [0.05, 0.1) is 11.8 Å². The van der Waals surface area contributed by atoms with Crippen molar-refractivity contribution in [3.05, 3.63) is 108 Å². The first kappa shape index (κ1) is 24.3. The molecule has 8 heteroatoms. The molecule has 0 spiro atoms. The van der Waals surface area contributed by atoms with Crippen LogP contribution in [0.15, 0.2) is 95.6 Å². The van der Waals surface area contributed by atoms with Gasteiger partial charge in [-0.25, -0.2) is 4.79 Å². The maximum absolute atomic E-state index is 12.7. The Morgan fingerprint density at radius 1 is 0.833 bits per heavy atom. The van der Waals surface area contributed by atoms with Crippen LogP contribution in [0, 0.1) is 6.92 Å². The Balaban J connectivity index is 1.34. The zero-order valence-corrected chi connectivity index (χ0v) is 19.7. The number of benzene rings is 3. The highest BCUT2D eigenvalue weighted by Crippen LogP contribution is 2.23. The number of amides is 2. The van der Waals surface area contributed by atoms with Crippen LogP contribution in [0.5, 0.6) is 11.5 Å². The van der Waals surface area contributed by atoms with Gasteiger partial charge in [-0.3, -0.25) is 9.59 Å². The molecule has 0 aliphatic rings. The van der Waals surface area contributed by atoms with E-state index in [2.05, 4.69) is 10.6 Å². The van der Waals surface area contributed by atoms with Crippen LogP contribution in [0.1, 0.15) is 33.4 Å². The third-order valence-electron chi connectivity index (χ3n) is 5.22. The lowest BCUT2D eigenvalue weighted by Crippen LogP contribution is -2.30. The molecule has 1 heterocycles. The highest BCUT2D eigenvalue weighted by molar-refractivity contribution is 6.03. The minimum absolute atomic E-state index is 0.146. The molecular formula is C28H24N2O6. The first-order valence-corrected chi connectivity index (χ1v) is 11.2. The zero-order valence-electron chi connectivity index (χ0n) is 19.7. The maximum Gasteiger partial charge on any atom is 0.338 e. The Kier molecular flexibility index (Phi) is 7.45. The Morgan fingerprint density at radius 3 is 2.25 bits per heavy atom. The van der Waals surface area contributed by atoms with Crippen LogP contribution in [-0.4, -0.2) is 23.9 Å². The zero-order chi connectivity index (χ0) is 25.5. The second-order valence-electron chi connectivity index (χ2n) is 7.94. The Bertz CT molecular complexity index is 1350. The van der Waals surface area contributed by atoms with E-state index in [9.17, 15) is 14.4 Å². The first-order chi connectivity index (χ1) is 17.4. The van der Waals surface area contributed by atoms with E-state index in [0.717, 1.165) is 5.56 Å². The summed E-state index contributed by atoms with van der Waals surface area (Å²) in [5, 5.41) is 5.42. The third-order valence-corrected chi connectivity index (χ3v) is 5.22. The maximum atomic E-state index is 12.7. The van der Waals surface area contributed by atoms with Gasteiger partial charge in [0.2, 0.25) is 0 Å². The third kappa shape index (κ3) is 6.18. The summed E-state index contributed by atoms with van der Waals surface area (Å²) in [6.45, 7) is 3.27. The fourth-order valence-corrected chi connectivity index (χ4v) is 3.23. The predicted molar refractivity (Wildman–Crippen MR) is 134 cm³/mol. The minimum atomic E-state index is -1.06. The summed E-state index contributed by atoms with van der Waals surface area (Å²) >= 11 is 0. The molecule has 0 aliphatic carbocycles. The lowest BCUT2D eigenvalue weighted by molar-refractivity contribution is -0.123. The molecule has 182 valence electrons. The summed E-state index contributed by atoms with van der Waals surface area (Å²) in [6.07, 6.45) is 0.342. The van der Waals surface area contributed by atoms with E-state index in [-0.39, 0.29) is 11.3 Å². The van der Waals surface area contributed by atoms with Gasteiger partial charge in [0.25, 0.3) is 11.8 Å². The Labute approximate surface area is 207 Å². The van der Waals surface area contributed by atoms with Crippen molar-refractivity contribution < 1.29 is 28.3 Å². The van der Waals surface area contributed by atoms with E-state index < -0.39 is 23.9 Å². The van der Waals surface area contributed by atoms with Gasteiger partial charge < -0.3 is 24.5 Å². The Hall–Kier alpha value is -4.85. The van der Waals surface area contributed by atoms with Crippen LogP contribution in [-0.2, 0) is 9.53 Å². The molecule has 3 aromatic carbocycles. The monoisotopic (exact) mass is 484 g/mol. The molecule has 1 unspecified atom stereocenters. The summed E-state index contributed by atoms with van der Waals surface area (Å²) in [5.41, 5.74) is 1.90.